The van der Waals surface area contributed by atoms with Crippen molar-refractivity contribution in [2.24, 2.45) is 0 Å². The molecule has 0 fully saturated rings. The quantitative estimate of drug-likeness (QED) is 0.413. The maximum absolute atomic E-state index is 12.9. The zero-order chi connectivity index (χ0) is 23.5. The average molecular weight is 442 g/mol. The van der Waals surface area contributed by atoms with E-state index in [2.05, 4.69) is 11.8 Å². The topological polar surface area (TPSA) is 83.8 Å². The summed E-state index contributed by atoms with van der Waals surface area (Å²) >= 11 is 0. The van der Waals surface area contributed by atoms with Crippen LogP contribution in [0.5, 0.6) is 0 Å². The number of rotatable bonds is 10. The number of hydrogen-bond acceptors (Lipinski definition) is 6. The van der Waals surface area contributed by atoms with Crippen LogP contribution in [0.1, 0.15) is 62.9 Å². The molecular formula is C25H31NO6. The summed E-state index contributed by atoms with van der Waals surface area (Å²) in [5.74, 6) is 4.85. The van der Waals surface area contributed by atoms with Gasteiger partial charge in [-0.15, -0.1) is 0 Å². The molecule has 0 saturated heterocycles. The Morgan fingerprint density at radius 1 is 1.09 bits per heavy atom. The molecule has 1 unspecified atom stereocenters. The van der Waals surface area contributed by atoms with Crippen molar-refractivity contribution in [2.45, 2.75) is 59.6 Å². The molecule has 1 aromatic heterocycles. The molecule has 0 amide bonds. The molecule has 32 heavy (non-hydrogen) atoms. The van der Waals surface area contributed by atoms with Gasteiger partial charge >= 0.3 is 11.9 Å². The summed E-state index contributed by atoms with van der Waals surface area (Å²) in [7, 11) is 0. The van der Waals surface area contributed by atoms with E-state index < -0.39 is 12.1 Å². The molecule has 0 N–H and O–H groups in total. The van der Waals surface area contributed by atoms with Crippen LogP contribution in [0.2, 0.25) is 0 Å². The van der Waals surface area contributed by atoms with Gasteiger partial charge in [0.25, 0.3) is 0 Å². The van der Waals surface area contributed by atoms with Crippen LogP contribution in [0.4, 0.5) is 0 Å². The number of aromatic nitrogens is 1. The first kappa shape index (κ1) is 25.2. The van der Waals surface area contributed by atoms with Gasteiger partial charge in [-0.25, -0.2) is 9.59 Å². The summed E-state index contributed by atoms with van der Waals surface area (Å²) < 4.78 is 17.5. The molecule has 0 bridgehead atoms. The minimum atomic E-state index is -0.636. The molecule has 0 aliphatic rings. The van der Waals surface area contributed by atoms with Crippen molar-refractivity contribution in [3.8, 4) is 11.8 Å². The minimum absolute atomic E-state index is 0.00263. The molecule has 1 aromatic carbocycles. The maximum atomic E-state index is 12.9. The largest absolute Gasteiger partial charge is 0.464 e. The summed E-state index contributed by atoms with van der Waals surface area (Å²) in [6.07, 6.45) is 3.29. The molecule has 7 nitrogen and oxygen atoms in total. The van der Waals surface area contributed by atoms with Crippen LogP contribution in [-0.2, 0) is 25.5 Å². The number of esters is 2. The Hall–Kier alpha value is -3.11. The van der Waals surface area contributed by atoms with Gasteiger partial charge in [0.15, 0.2) is 6.10 Å². The Kier molecular flexibility index (Phi) is 9.96. The van der Waals surface area contributed by atoms with Crippen LogP contribution in [0.15, 0.2) is 29.2 Å². The van der Waals surface area contributed by atoms with Gasteiger partial charge in [-0.2, -0.15) is 0 Å². The number of benzene rings is 1. The molecule has 172 valence electrons. The van der Waals surface area contributed by atoms with Crippen molar-refractivity contribution in [1.29, 1.82) is 0 Å². The predicted molar refractivity (Wildman–Crippen MR) is 123 cm³/mol. The standard InChI is InChI=1S/C25H31NO6/c1-5-9-12-22(25(29)31-8-4)32-15-10-11-18-13-14-21-19(16-18)23(27)20(17-26(21)6-2)24(28)30-7-3/h13-14,16-17,22H,5-9,12,15H2,1-4H3. The van der Waals surface area contributed by atoms with Crippen molar-refractivity contribution in [2.75, 3.05) is 19.8 Å². The normalized spacial score (nSPS) is 11.5. The number of aryl methyl sites for hydroxylation is 1. The highest BCUT2D eigenvalue weighted by molar-refractivity contribution is 5.94. The van der Waals surface area contributed by atoms with Crippen LogP contribution in [0.3, 0.4) is 0 Å². The molecule has 0 saturated carbocycles. The van der Waals surface area contributed by atoms with Gasteiger partial charge in [0.2, 0.25) is 5.43 Å². The van der Waals surface area contributed by atoms with Crippen molar-refractivity contribution >= 4 is 22.8 Å². The third-order valence-corrected chi connectivity index (χ3v) is 4.87. The van der Waals surface area contributed by atoms with Crippen molar-refractivity contribution in [3.05, 3.63) is 45.7 Å². The fraction of sp³-hybridized carbons (Fsp3) is 0.480. The Morgan fingerprint density at radius 3 is 2.50 bits per heavy atom. The highest BCUT2D eigenvalue weighted by atomic mass is 16.6. The van der Waals surface area contributed by atoms with E-state index in [-0.39, 0.29) is 30.2 Å². The molecule has 7 heteroatoms. The van der Waals surface area contributed by atoms with Gasteiger partial charge in [-0.3, -0.25) is 4.79 Å². The van der Waals surface area contributed by atoms with Gasteiger partial charge < -0.3 is 18.8 Å². The van der Waals surface area contributed by atoms with E-state index in [0.717, 1.165) is 12.8 Å². The number of hydrogen-bond donors (Lipinski definition) is 0. The van der Waals surface area contributed by atoms with E-state index in [9.17, 15) is 14.4 Å². The molecular weight excluding hydrogens is 410 g/mol. The summed E-state index contributed by atoms with van der Waals surface area (Å²) in [5.41, 5.74) is 0.949. The average Bonchev–Trinajstić information content (AvgIpc) is 2.79. The van der Waals surface area contributed by atoms with Gasteiger partial charge in [0.1, 0.15) is 12.2 Å². The summed E-state index contributed by atoms with van der Waals surface area (Å²) in [4.78, 5) is 37.1. The van der Waals surface area contributed by atoms with E-state index in [1.165, 1.54) is 6.20 Å². The monoisotopic (exact) mass is 441 g/mol. The van der Waals surface area contributed by atoms with E-state index in [1.54, 1.807) is 19.9 Å². The number of pyridine rings is 1. The Morgan fingerprint density at radius 2 is 1.84 bits per heavy atom. The first-order chi connectivity index (χ1) is 15.5. The van der Waals surface area contributed by atoms with Gasteiger partial charge in [-0.1, -0.05) is 31.6 Å². The van der Waals surface area contributed by atoms with E-state index >= 15 is 0 Å². The first-order valence-electron chi connectivity index (χ1n) is 11.1. The smallest absolute Gasteiger partial charge is 0.343 e. The molecule has 0 radical (unpaired) electrons. The summed E-state index contributed by atoms with van der Waals surface area (Å²) in [6, 6.07) is 5.28. The first-order valence-corrected chi connectivity index (χ1v) is 11.1. The molecule has 2 aromatic rings. The lowest BCUT2D eigenvalue weighted by Crippen LogP contribution is -2.26. The zero-order valence-electron chi connectivity index (χ0n) is 19.2. The Bertz CT molecular complexity index is 1060. The molecule has 0 spiro atoms. The van der Waals surface area contributed by atoms with Crippen molar-refractivity contribution < 1.29 is 23.8 Å². The fourth-order valence-corrected chi connectivity index (χ4v) is 3.27. The molecule has 1 atom stereocenters. The number of unbranched alkanes of at least 4 members (excludes halogenated alkanes) is 1. The SMILES string of the molecule is CCCCC(OCC#Cc1ccc2c(c1)c(=O)c(C(=O)OCC)cn2CC)C(=O)OCC. The minimum Gasteiger partial charge on any atom is -0.464 e. The molecule has 0 aliphatic carbocycles. The second-order valence-corrected chi connectivity index (χ2v) is 7.11. The predicted octanol–water partition coefficient (Wildman–Crippen LogP) is 3.69. The van der Waals surface area contributed by atoms with Crippen LogP contribution >= 0.6 is 0 Å². The number of ether oxygens (including phenoxy) is 3. The van der Waals surface area contributed by atoms with Crippen LogP contribution in [-0.4, -0.2) is 42.4 Å². The fourth-order valence-electron chi connectivity index (χ4n) is 3.27. The lowest BCUT2D eigenvalue weighted by atomic mass is 10.1. The number of carbonyl (C=O) groups excluding carboxylic acids is 2. The van der Waals surface area contributed by atoms with E-state index in [1.807, 2.05) is 30.5 Å². The van der Waals surface area contributed by atoms with E-state index in [4.69, 9.17) is 14.2 Å². The van der Waals surface area contributed by atoms with Gasteiger partial charge in [-0.05, 0) is 45.4 Å². The van der Waals surface area contributed by atoms with Crippen LogP contribution in [0, 0.1) is 11.8 Å². The van der Waals surface area contributed by atoms with Gasteiger partial charge in [0.05, 0.1) is 18.7 Å². The Balaban J connectivity index is 2.26. The lowest BCUT2D eigenvalue weighted by Gasteiger charge is -2.14. The lowest BCUT2D eigenvalue weighted by molar-refractivity contribution is -0.156. The molecule has 1 heterocycles. The van der Waals surface area contributed by atoms with E-state index in [0.29, 0.717) is 36.0 Å². The second-order valence-electron chi connectivity index (χ2n) is 7.11. The zero-order valence-corrected chi connectivity index (χ0v) is 19.2. The van der Waals surface area contributed by atoms with Crippen LogP contribution < -0.4 is 5.43 Å². The second kappa shape index (κ2) is 12.7. The third-order valence-electron chi connectivity index (χ3n) is 4.87. The molecule has 0 aliphatic heterocycles. The van der Waals surface area contributed by atoms with Gasteiger partial charge in [0, 0.05) is 23.7 Å². The number of carbonyl (C=O) groups is 2. The number of nitrogens with zero attached hydrogens (tertiary/aromatic N) is 1. The maximum Gasteiger partial charge on any atom is 0.343 e. The molecule has 2 rings (SSSR count). The summed E-state index contributed by atoms with van der Waals surface area (Å²) in [5, 5.41) is 0.400. The van der Waals surface area contributed by atoms with Crippen molar-refractivity contribution in [1.82, 2.24) is 4.57 Å². The third kappa shape index (κ3) is 6.44. The van der Waals surface area contributed by atoms with Crippen molar-refractivity contribution in [3.63, 3.8) is 0 Å². The Labute approximate surface area is 188 Å². The summed E-state index contributed by atoms with van der Waals surface area (Å²) in [6.45, 7) is 8.58. The highest BCUT2D eigenvalue weighted by Gasteiger charge is 2.19. The number of fused-ring (bicyclic) bond motifs is 1. The highest BCUT2D eigenvalue weighted by Crippen LogP contribution is 2.15. The van der Waals surface area contributed by atoms with Crippen LogP contribution in [0.25, 0.3) is 10.9 Å².